The number of rotatable bonds is 9. The Hall–Kier alpha value is -3.32. The number of benzene rings is 1. The molecule has 4 rings (SSSR count). The molecule has 1 aromatic heterocycles. The van der Waals surface area contributed by atoms with Crippen molar-refractivity contribution in [1.29, 1.82) is 0 Å². The molecule has 3 atom stereocenters. The van der Waals surface area contributed by atoms with E-state index in [-0.39, 0.29) is 29.8 Å². The molecular weight excluding hydrogens is 417 g/mol. The van der Waals surface area contributed by atoms with Gasteiger partial charge in [0.15, 0.2) is 0 Å². The summed E-state index contributed by atoms with van der Waals surface area (Å²) in [5.74, 6) is -0.301. The van der Waals surface area contributed by atoms with Crippen LogP contribution in [0.4, 0.5) is 4.39 Å². The predicted molar refractivity (Wildman–Crippen MR) is 129 cm³/mol. The fraction of sp³-hybridized carbons (Fsp3) is 0.346. The molecule has 0 saturated carbocycles. The van der Waals surface area contributed by atoms with E-state index < -0.39 is 0 Å². The number of nitrogens with one attached hydrogen (secondary N) is 2. The highest BCUT2D eigenvalue weighted by Crippen LogP contribution is 2.20. The minimum absolute atomic E-state index is 0.0293. The Balaban J connectivity index is 1.40. The molecule has 1 aromatic carbocycles. The van der Waals surface area contributed by atoms with Crippen molar-refractivity contribution in [3.05, 3.63) is 89.8 Å². The van der Waals surface area contributed by atoms with Gasteiger partial charge in [-0.1, -0.05) is 36.4 Å². The van der Waals surface area contributed by atoms with Crippen LogP contribution >= 0.6 is 0 Å². The van der Waals surface area contributed by atoms with Gasteiger partial charge in [0.2, 0.25) is 5.91 Å². The molecule has 172 valence electrons. The first-order valence-corrected chi connectivity index (χ1v) is 11.4. The number of amides is 1. The van der Waals surface area contributed by atoms with Gasteiger partial charge in [0.25, 0.3) is 0 Å². The zero-order chi connectivity index (χ0) is 23.0. The average Bonchev–Trinajstić information content (AvgIpc) is 3.33. The molecule has 0 radical (unpaired) electrons. The molecule has 6 nitrogen and oxygen atoms in total. The van der Waals surface area contributed by atoms with Crippen LogP contribution in [0.15, 0.2) is 77.7 Å². The van der Waals surface area contributed by atoms with E-state index in [4.69, 9.17) is 0 Å². The van der Waals surface area contributed by atoms with Gasteiger partial charge in [-0.2, -0.15) is 0 Å². The Morgan fingerprint density at radius 3 is 2.82 bits per heavy atom. The third-order valence-corrected chi connectivity index (χ3v) is 6.06. The lowest BCUT2D eigenvalue weighted by atomic mass is 9.99. The SMILES string of the molecule is CC(c1ccc(F)cc1)n1cncc1CNCC(NC(=O)C1CC=CC=N1)C1=CCCC=C1. The molecule has 1 aliphatic carbocycles. The molecule has 1 amide bonds. The normalized spacial score (nSPS) is 19.2. The van der Waals surface area contributed by atoms with E-state index >= 15 is 0 Å². The van der Waals surface area contributed by atoms with Crippen molar-refractivity contribution in [3.8, 4) is 0 Å². The molecule has 7 heteroatoms. The largest absolute Gasteiger partial charge is 0.346 e. The maximum Gasteiger partial charge on any atom is 0.245 e. The Morgan fingerprint density at radius 2 is 2.09 bits per heavy atom. The number of halogens is 1. The number of aliphatic imine (C=N–C) groups is 1. The highest BCUT2D eigenvalue weighted by atomic mass is 19.1. The monoisotopic (exact) mass is 447 g/mol. The maximum absolute atomic E-state index is 13.3. The molecule has 0 bridgehead atoms. The predicted octanol–water partition coefficient (Wildman–Crippen LogP) is 3.88. The van der Waals surface area contributed by atoms with Crippen molar-refractivity contribution < 1.29 is 9.18 Å². The summed E-state index contributed by atoms with van der Waals surface area (Å²) in [7, 11) is 0. The van der Waals surface area contributed by atoms with E-state index in [1.165, 1.54) is 12.1 Å². The minimum atomic E-state index is -0.372. The molecule has 0 spiro atoms. The van der Waals surface area contributed by atoms with Crippen molar-refractivity contribution >= 4 is 12.1 Å². The van der Waals surface area contributed by atoms with Gasteiger partial charge in [0.1, 0.15) is 11.9 Å². The van der Waals surface area contributed by atoms with Crippen LogP contribution in [0, 0.1) is 5.82 Å². The summed E-state index contributed by atoms with van der Waals surface area (Å²) in [4.78, 5) is 21.4. The molecule has 3 unspecified atom stereocenters. The fourth-order valence-corrected chi connectivity index (χ4v) is 4.13. The average molecular weight is 448 g/mol. The fourth-order valence-electron chi connectivity index (χ4n) is 4.13. The smallest absolute Gasteiger partial charge is 0.245 e. The van der Waals surface area contributed by atoms with Gasteiger partial charge in [0, 0.05) is 25.5 Å². The number of hydrogen-bond acceptors (Lipinski definition) is 4. The maximum atomic E-state index is 13.3. The number of carbonyl (C=O) groups is 1. The number of allylic oxidation sites excluding steroid dienone is 3. The molecule has 2 N–H and O–H groups in total. The van der Waals surface area contributed by atoms with Gasteiger partial charge in [-0.05, 0) is 55.5 Å². The zero-order valence-electron chi connectivity index (χ0n) is 18.8. The summed E-state index contributed by atoms with van der Waals surface area (Å²) in [6.45, 7) is 3.25. The minimum Gasteiger partial charge on any atom is -0.346 e. The van der Waals surface area contributed by atoms with E-state index in [1.807, 2.05) is 18.3 Å². The second kappa shape index (κ2) is 11.0. The number of aromatic nitrogens is 2. The lowest BCUT2D eigenvalue weighted by molar-refractivity contribution is -0.122. The lowest BCUT2D eigenvalue weighted by Crippen LogP contribution is -2.46. The summed E-state index contributed by atoms with van der Waals surface area (Å²) in [5, 5.41) is 6.67. The number of hydrogen-bond donors (Lipinski definition) is 2. The third-order valence-electron chi connectivity index (χ3n) is 6.06. The van der Waals surface area contributed by atoms with Crippen LogP contribution in [0.1, 0.15) is 43.5 Å². The van der Waals surface area contributed by atoms with Crippen molar-refractivity contribution in [2.45, 2.75) is 50.9 Å². The molecule has 0 fully saturated rings. The summed E-state index contributed by atoms with van der Waals surface area (Å²) < 4.78 is 15.4. The number of carbonyl (C=O) groups excluding carboxylic acids is 1. The standard InChI is InChI=1S/C26H30FN5O/c1-19(20-10-12-22(27)13-11-20)32-18-29-16-23(32)15-28-17-25(21-7-3-2-4-8-21)31-26(33)24-9-5-6-14-30-24/h3,5-8,10-14,16,18-19,24-25,28H,2,4,9,15,17H2,1H3,(H,31,33). The first kappa shape index (κ1) is 22.9. The lowest BCUT2D eigenvalue weighted by Gasteiger charge is -2.24. The first-order valence-electron chi connectivity index (χ1n) is 11.4. The van der Waals surface area contributed by atoms with E-state index in [9.17, 15) is 9.18 Å². The molecule has 2 aliphatic rings. The third kappa shape index (κ3) is 5.93. The highest BCUT2D eigenvalue weighted by Gasteiger charge is 2.22. The van der Waals surface area contributed by atoms with Crippen LogP contribution in [0.3, 0.4) is 0 Å². The molecule has 2 aromatic rings. The molecule has 0 saturated heterocycles. The van der Waals surface area contributed by atoms with Gasteiger partial charge < -0.3 is 15.2 Å². The summed E-state index contributed by atoms with van der Waals surface area (Å²) >= 11 is 0. The van der Waals surface area contributed by atoms with Gasteiger partial charge in [-0.15, -0.1) is 0 Å². The topological polar surface area (TPSA) is 71.3 Å². The Morgan fingerprint density at radius 1 is 1.24 bits per heavy atom. The zero-order valence-corrected chi connectivity index (χ0v) is 18.8. The highest BCUT2D eigenvalue weighted by molar-refractivity contribution is 5.86. The number of imidazole rings is 1. The molecule has 2 heterocycles. The van der Waals surface area contributed by atoms with Gasteiger partial charge in [0.05, 0.1) is 24.1 Å². The van der Waals surface area contributed by atoms with Crippen LogP contribution in [0.5, 0.6) is 0 Å². The summed E-state index contributed by atoms with van der Waals surface area (Å²) in [6.07, 6.45) is 18.2. The number of dihydropyridines is 1. The van der Waals surface area contributed by atoms with Crippen molar-refractivity contribution in [2.75, 3.05) is 6.54 Å². The summed E-state index contributed by atoms with van der Waals surface area (Å²) in [6, 6.07) is 6.07. The quantitative estimate of drug-likeness (QED) is 0.613. The van der Waals surface area contributed by atoms with Crippen LogP contribution < -0.4 is 10.6 Å². The van der Waals surface area contributed by atoms with Crippen LogP contribution in [-0.2, 0) is 11.3 Å². The second-order valence-corrected chi connectivity index (χ2v) is 8.37. The Bertz CT molecular complexity index is 1070. The Kier molecular flexibility index (Phi) is 7.62. The summed E-state index contributed by atoms with van der Waals surface area (Å²) in [5.41, 5.74) is 3.15. The molecule has 1 aliphatic heterocycles. The van der Waals surface area contributed by atoms with Crippen LogP contribution in [0.2, 0.25) is 0 Å². The second-order valence-electron chi connectivity index (χ2n) is 8.37. The van der Waals surface area contributed by atoms with Crippen molar-refractivity contribution in [1.82, 2.24) is 20.2 Å². The molecular formula is C26H30FN5O. The van der Waals surface area contributed by atoms with Crippen molar-refractivity contribution in [2.24, 2.45) is 4.99 Å². The van der Waals surface area contributed by atoms with E-state index in [0.29, 0.717) is 19.5 Å². The van der Waals surface area contributed by atoms with E-state index in [1.54, 1.807) is 24.7 Å². The van der Waals surface area contributed by atoms with Gasteiger partial charge >= 0.3 is 0 Å². The molecule has 33 heavy (non-hydrogen) atoms. The van der Waals surface area contributed by atoms with E-state index in [2.05, 4.69) is 50.3 Å². The van der Waals surface area contributed by atoms with Crippen LogP contribution in [-0.4, -0.2) is 40.3 Å². The van der Waals surface area contributed by atoms with Crippen LogP contribution in [0.25, 0.3) is 0 Å². The number of nitrogens with zero attached hydrogens (tertiary/aromatic N) is 3. The van der Waals surface area contributed by atoms with Gasteiger partial charge in [-0.3, -0.25) is 9.79 Å². The Labute approximate surface area is 194 Å². The van der Waals surface area contributed by atoms with Gasteiger partial charge in [-0.25, -0.2) is 9.37 Å². The van der Waals surface area contributed by atoms with Crippen molar-refractivity contribution in [3.63, 3.8) is 0 Å². The van der Waals surface area contributed by atoms with E-state index in [0.717, 1.165) is 29.7 Å². The first-order chi connectivity index (χ1) is 16.1.